The van der Waals surface area contributed by atoms with Crippen molar-refractivity contribution in [3.05, 3.63) is 0 Å². The van der Waals surface area contributed by atoms with Crippen molar-refractivity contribution < 1.29 is 9.84 Å². The van der Waals surface area contributed by atoms with Crippen molar-refractivity contribution in [1.29, 1.82) is 0 Å². The monoisotopic (exact) mass is 268 g/mol. The summed E-state index contributed by atoms with van der Waals surface area (Å²) in [5.41, 5.74) is -0.243. The van der Waals surface area contributed by atoms with Crippen LogP contribution in [0.2, 0.25) is 0 Å². The van der Waals surface area contributed by atoms with Crippen LogP contribution in [-0.2, 0) is 4.74 Å². The van der Waals surface area contributed by atoms with Crippen LogP contribution in [0.15, 0.2) is 0 Å². The maximum absolute atomic E-state index is 10.9. The van der Waals surface area contributed by atoms with Crippen molar-refractivity contribution in [3.63, 3.8) is 0 Å². The molecule has 0 bridgehead atoms. The lowest BCUT2D eigenvalue weighted by molar-refractivity contribution is -0.152. The van der Waals surface area contributed by atoms with Gasteiger partial charge < -0.3 is 9.84 Å². The normalized spacial score (nSPS) is 42.0. The zero-order valence-corrected chi connectivity index (χ0v) is 13.0. The van der Waals surface area contributed by atoms with Crippen LogP contribution in [0.1, 0.15) is 71.6 Å². The molecule has 112 valence electrons. The van der Waals surface area contributed by atoms with E-state index < -0.39 is 0 Å². The topological polar surface area (TPSA) is 29.5 Å². The summed E-state index contributed by atoms with van der Waals surface area (Å²) in [6.45, 7) is 4.60. The molecule has 0 saturated heterocycles. The van der Waals surface area contributed by atoms with Crippen LogP contribution in [0.3, 0.4) is 0 Å². The zero-order chi connectivity index (χ0) is 13.9. The molecular formula is C17H32O2. The highest BCUT2D eigenvalue weighted by Crippen LogP contribution is 2.43. The Bertz CT molecular complexity index is 268. The Labute approximate surface area is 118 Å². The van der Waals surface area contributed by atoms with Crippen LogP contribution in [0.4, 0.5) is 0 Å². The Kier molecular flexibility index (Phi) is 5.30. The second-order valence-corrected chi connectivity index (χ2v) is 7.10. The average Bonchev–Trinajstić information content (AvgIpc) is 2.48. The van der Waals surface area contributed by atoms with Gasteiger partial charge in [-0.05, 0) is 56.3 Å². The fourth-order valence-electron chi connectivity index (χ4n) is 4.29. The fourth-order valence-corrected chi connectivity index (χ4v) is 4.29. The molecule has 0 aromatic heterocycles. The SMILES string of the molecule is CCC1CCCC(C(O)C2(OC)CCC(C)CC2)C1. The number of aliphatic hydroxyl groups is 1. The van der Waals surface area contributed by atoms with Crippen LogP contribution in [0.5, 0.6) is 0 Å². The van der Waals surface area contributed by atoms with E-state index in [0.29, 0.717) is 5.92 Å². The summed E-state index contributed by atoms with van der Waals surface area (Å²) in [4.78, 5) is 0. The van der Waals surface area contributed by atoms with Crippen LogP contribution in [0.25, 0.3) is 0 Å². The summed E-state index contributed by atoms with van der Waals surface area (Å²) < 4.78 is 5.86. The molecule has 0 aliphatic heterocycles. The van der Waals surface area contributed by atoms with Crippen molar-refractivity contribution in [2.75, 3.05) is 7.11 Å². The predicted octanol–water partition coefficient (Wildman–Crippen LogP) is 4.16. The Morgan fingerprint density at radius 1 is 1.21 bits per heavy atom. The standard InChI is InChI=1S/C17H32O2/c1-4-14-6-5-7-15(12-14)16(18)17(19-3)10-8-13(2)9-11-17/h13-16,18H,4-12H2,1-3H3. The van der Waals surface area contributed by atoms with Crippen LogP contribution in [-0.4, -0.2) is 23.9 Å². The smallest absolute Gasteiger partial charge is 0.0939 e. The van der Waals surface area contributed by atoms with Crippen LogP contribution >= 0.6 is 0 Å². The molecule has 0 amide bonds. The van der Waals surface area contributed by atoms with E-state index in [1.807, 2.05) is 0 Å². The lowest BCUT2D eigenvalue weighted by atomic mass is 9.68. The van der Waals surface area contributed by atoms with E-state index in [9.17, 15) is 5.11 Å². The quantitative estimate of drug-likeness (QED) is 0.829. The molecule has 0 radical (unpaired) electrons. The maximum atomic E-state index is 10.9. The van der Waals surface area contributed by atoms with E-state index in [1.165, 1.54) is 44.9 Å². The fraction of sp³-hybridized carbons (Fsp3) is 1.00. The van der Waals surface area contributed by atoms with Gasteiger partial charge in [-0.25, -0.2) is 0 Å². The first-order valence-electron chi connectivity index (χ1n) is 8.34. The van der Waals surface area contributed by atoms with Crippen molar-refractivity contribution >= 4 is 0 Å². The molecule has 2 saturated carbocycles. The summed E-state index contributed by atoms with van der Waals surface area (Å²) in [7, 11) is 1.80. The number of rotatable bonds is 4. The Hall–Kier alpha value is -0.0800. The second-order valence-electron chi connectivity index (χ2n) is 7.10. The molecule has 2 heteroatoms. The summed E-state index contributed by atoms with van der Waals surface area (Å²) in [5, 5.41) is 10.9. The molecule has 2 fully saturated rings. The molecular weight excluding hydrogens is 236 g/mol. The third-order valence-electron chi connectivity index (χ3n) is 5.91. The summed E-state index contributed by atoms with van der Waals surface area (Å²) in [5.74, 6) is 2.09. The van der Waals surface area contributed by atoms with Crippen molar-refractivity contribution in [2.24, 2.45) is 17.8 Å². The number of aliphatic hydroxyl groups excluding tert-OH is 1. The van der Waals surface area contributed by atoms with Gasteiger partial charge in [-0.2, -0.15) is 0 Å². The Morgan fingerprint density at radius 2 is 1.89 bits per heavy atom. The Balaban J connectivity index is 2.01. The van der Waals surface area contributed by atoms with E-state index in [2.05, 4.69) is 13.8 Å². The highest BCUT2D eigenvalue weighted by atomic mass is 16.5. The molecule has 3 atom stereocenters. The largest absolute Gasteiger partial charge is 0.390 e. The summed E-state index contributed by atoms with van der Waals surface area (Å²) >= 11 is 0. The number of hydrogen-bond acceptors (Lipinski definition) is 2. The highest BCUT2D eigenvalue weighted by molar-refractivity contribution is 4.96. The van der Waals surface area contributed by atoms with Crippen molar-refractivity contribution in [2.45, 2.75) is 83.3 Å². The number of hydrogen-bond donors (Lipinski definition) is 1. The first-order valence-corrected chi connectivity index (χ1v) is 8.34. The van der Waals surface area contributed by atoms with Gasteiger partial charge >= 0.3 is 0 Å². The van der Waals surface area contributed by atoms with Gasteiger partial charge in [0.25, 0.3) is 0 Å². The number of ether oxygens (including phenoxy) is 1. The van der Waals surface area contributed by atoms with Crippen molar-refractivity contribution in [3.8, 4) is 0 Å². The van der Waals surface area contributed by atoms with E-state index in [1.54, 1.807) is 7.11 Å². The maximum Gasteiger partial charge on any atom is 0.0939 e. The van der Waals surface area contributed by atoms with E-state index in [4.69, 9.17) is 4.74 Å². The van der Waals surface area contributed by atoms with Gasteiger partial charge in [-0.1, -0.05) is 33.1 Å². The molecule has 0 spiro atoms. The Morgan fingerprint density at radius 3 is 2.47 bits per heavy atom. The summed E-state index contributed by atoms with van der Waals surface area (Å²) in [6, 6.07) is 0. The van der Waals surface area contributed by atoms with Gasteiger partial charge in [0.15, 0.2) is 0 Å². The first-order chi connectivity index (χ1) is 9.11. The molecule has 1 N–H and O–H groups in total. The van der Waals surface area contributed by atoms with Crippen LogP contribution in [0, 0.1) is 17.8 Å². The molecule has 2 aliphatic rings. The summed E-state index contributed by atoms with van der Waals surface area (Å²) in [6.07, 6.45) is 10.5. The molecule has 0 aromatic rings. The number of methoxy groups -OCH3 is 1. The lowest BCUT2D eigenvalue weighted by Crippen LogP contribution is -2.51. The minimum absolute atomic E-state index is 0.243. The highest BCUT2D eigenvalue weighted by Gasteiger charge is 2.44. The third kappa shape index (κ3) is 3.33. The van der Waals surface area contributed by atoms with Crippen molar-refractivity contribution in [1.82, 2.24) is 0 Å². The molecule has 3 unspecified atom stereocenters. The predicted molar refractivity (Wildman–Crippen MR) is 79.1 cm³/mol. The van der Waals surface area contributed by atoms with Gasteiger partial charge in [-0.3, -0.25) is 0 Å². The zero-order valence-electron chi connectivity index (χ0n) is 13.0. The molecule has 0 heterocycles. The van der Waals surface area contributed by atoms with Gasteiger partial charge in [0.2, 0.25) is 0 Å². The van der Waals surface area contributed by atoms with E-state index in [0.717, 1.165) is 24.7 Å². The molecule has 2 nitrogen and oxygen atoms in total. The third-order valence-corrected chi connectivity index (χ3v) is 5.91. The van der Waals surface area contributed by atoms with Gasteiger partial charge in [0, 0.05) is 7.11 Å². The van der Waals surface area contributed by atoms with Gasteiger partial charge in [-0.15, -0.1) is 0 Å². The van der Waals surface area contributed by atoms with E-state index >= 15 is 0 Å². The average molecular weight is 268 g/mol. The molecule has 2 aliphatic carbocycles. The second kappa shape index (κ2) is 6.58. The van der Waals surface area contributed by atoms with Crippen LogP contribution < -0.4 is 0 Å². The van der Waals surface area contributed by atoms with E-state index in [-0.39, 0.29) is 11.7 Å². The molecule has 0 aromatic carbocycles. The van der Waals surface area contributed by atoms with Gasteiger partial charge in [0.1, 0.15) is 0 Å². The minimum Gasteiger partial charge on any atom is -0.390 e. The molecule has 19 heavy (non-hydrogen) atoms. The minimum atomic E-state index is -0.251. The molecule has 2 rings (SSSR count). The van der Waals surface area contributed by atoms with Gasteiger partial charge in [0.05, 0.1) is 11.7 Å². The lowest BCUT2D eigenvalue weighted by Gasteiger charge is -2.46. The first kappa shape index (κ1) is 15.3.